The summed E-state index contributed by atoms with van der Waals surface area (Å²) in [6.45, 7) is 0. The second-order valence-electron chi connectivity index (χ2n) is 10.3. The van der Waals surface area contributed by atoms with Crippen LogP contribution in [0.2, 0.25) is 0 Å². The number of hydrogen-bond donors (Lipinski definition) is 2. The van der Waals surface area contributed by atoms with E-state index >= 15 is 0 Å². The van der Waals surface area contributed by atoms with Crippen LogP contribution in [0.4, 0.5) is 5.82 Å². The quantitative estimate of drug-likeness (QED) is 0.182. The van der Waals surface area contributed by atoms with Crippen molar-refractivity contribution < 1.29 is 4.79 Å². The van der Waals surface area contributed by atoms with Gasteiger partial charge in [-0.15, -0.1) is 0 Å². The number of carbonyl (C=O) groups excluding carboxylic acids is 1. The predicted molar refractivity (Wildman–Crippen MR) is 157 cm³/mol. The summed E-state index contributed by atoms with van der Waals surface area (Å²) < 4.78 is 0. The molecule has 5 rings (SSSR count). The van der Waals surface area contributed by atoms with Crippen LogP contribution in [0.1, 0.15) is 68.1 Å². The zero-order chi connectivity index (χ0) is 26.9. The largest absolute Gasteiger partial charge is 0.370 e. The minimum absolute atomic E-state index is 0.196. The fourth-order valence-electron chi connectivity index (χ4n) is 5.19. The van der Waals surface area contributed by atoms with E-state index in [4.69, 9.17) is 15.7 Å². The van der Waals surface area contributed by atoms with Crippen LogP contribution in [0.3, 0.4) is 0 Å². The summed E-state index contributed by atoms with van der Waals surface area (Å²) in [6, 6.07) is 18.9. The Morgan fingerprint density at radius 3 is 2.59 bits per heavy atom. The molecule has 1 amide bonds. The molecule has 198 valence electrons. The maximum atomic E-state index is 10.8. The monoisotopic (exact) mass is 517 g/mol. The van der Waals surface area contributed by atoms with Crippen molar-refractivity contribution >= 4 is 22.6 Å². The molecule has 2 aromatic heterocycles. The SMILES string of the molecule is NC(=O)CCCCCCCCC#Cc1ccc2c(c1)C[C@@H](Nc1nc(-c3cccnc3)nc3ccccc13)C2. The molecule has 2 aromatic carbocycles. The number of hydrogen-bond acceptors (Lipinski definition) is 5. The Balaban J connectivity index is 1.17. The molecule has 39 heavy (non-hydrogen) atoms. The number of amides is 1. The van der Waals surface area contributed by atoms with Crippen molar-refractivity contribution in [2.24, 2.45) is 5.73 Å². The number of rotatable bonds is 11. The highest BCUT2D eigenvalue weighted by Crippen LogP contribution is 2.29. The molecular formula is C33H35N5O. The summed E-state index contributed by atoms with van der Waals surface area (Å²) in [5.74, 6) is 8.07. The van der Waals surface area contributed by atoms with E-state index in [9.17, 15) is 4.79 Å². The molecule has 1 atom stereocenters. The Bertz CT molecular complexity index is 1490. The number of nitrogens with one attached hydrogen (secondary N) is 1. The van der Waals surface area contributed by atoms with Crippen LogP contribution in [0.25, 0.3) is 22.3 Å². The van der Waals surface area contributed by atoms with Gasteiger partial charge < -0.3 is 11.1 Å². The number of aromatic nitrogens is 3. The van der Waals surface area contributed by atoms with E-state index in [1.54, 1.807) is 12.4 Å². The molecule has 0 unspecified atom stereocenters. The van der Waals surface area contributed by atoms with Crippen LogP contribution in [0, 0.1) is 11.8 Å². The van der Waals surface area contributed by atoms with Gasteiger partial charge in [0.1, 0.15) is 5.82 Å². The minimum Gasteiger partial charge on any atom is -0.370 e. The molecule has 6 heteroatoms. The molecule has 6 nitrogen and oxygen atoms in total. The number of unbranched alkanes of at least 4 members (excludes halogenated alkanes) is 6. The fraction of sp³-hybridized carbons (Fsp3) is 0.333. The van der Waals surface area contributed by atoms with Gasteiger partial charge in [0.05, 0.1) is 5.52 Å². The zero-order valence-electron chi connectivity index (χ0n) is 22.3. The Hall–Kier alpha value is -4.24. The summed E-state index contributed by atoms with van der Waals surface area (Å²) in [7, 11) is 0. The first-order valence-corrected chi connectivity index (χ1v) is 14.0. The molecule has 3 N–H and O–H groups in total. The molecule has 0 aliphatic heterocycles. The van der Waals surface area contributed by atoms with Crippen molar-refractivity contribution in [3.63, 3.8) is 0 Å². The van der Waals surface area contributed by atoms with Crippen molar-refractivity contribution in [2.45, 2.75) is 70.3 Å². The number of pyridine rings is 1. The average molecular weight is 518 g/mol. The molecule has 0 radical (unpaired) electrons. The van der Waals surface area contributed by atoms with Gasteiger partial charge in [-0.25, -0.2) is 9.97 Å². The summed E-state index contributed by atoms with van der Waals surface area (Å²) in [4.78, 5) is 24.7. The van der Waals surface area contributed by atoms with E-state index in [0.29, 0.717) is 12.2 Å². The van der Waals surface area contributed by atoms with E-state index in [1.165, 1.54) is 24.0 Å². The fourth-order valence-corrected chi connectivity index (χ4v) is 5.19. The van der Waals surface area contributed by atoms with E-state index in [1.807, 2.05) is 30.3 Å². The first-order valence-electron chi connectivity index (χ1n) is 14.0. The Kier molecular flexibility index (Phi) is 8.80. The molecule has 0 bridgehead atoms. The van der Waals surface area contributed by atoms with Crippen molar-refractivity contribution in [3.8, 4) is 23.2 Å². The van der Waals surface area contributed by atoms with Crippen LogP contribution in [-0.4, -0.2) is 26.9 Å². The zero-order valence-corrected chi connectivity index (χ0v) is 22.3. The third-order valence-electron chi connectivity index (χ3n) is 7.21. The number of fused-ring (bicyclic) bond motifs is 2. The van der Waals surface area contributed by atoms with Crippen LogP contribution in [0.5, 0.6) is 0 Å². The number of carbonyl (C=O) groups is 1. The smallest absolute Gasteiger partial charge is 0.217 e. The Morgan fingerprint density at radius 2 is 1.74 bits per heavy atom. The van der Waals surface area contributed by atoms with Gasteiger partial charge in [0.25, 0.3) is 0 Å². The van der Waals surface area contributed by atoms with Crippen LogP contribution in [-0.2, 0) is 17.6 Å². The third-order valence-corrected chi connectivity index (χ3v) is 7.21. The number of nitrogens with two attached hydrogens (primary N) is 1. The molecule has 4 aromatic rings. The highest BCUT2D eigenvalue weighted by molar-refractivity contribution is 5.90. The number of para-hydroxylation sites is 1. The van der Waals surface area contributed by atoms with Gasteiger partial charge in [-0.3, -0.25) is 9.78 Å². The lowest BCUT2D eigenvalue weighted by Crippen LogP contribution is -2.20. The highest BCUT2D eigenvalue weighted by atomic mass is 16.1. The average Bonchev–Trinajstić information content (AvgIpc) is 3.36. The summed E-state index contributed by atoms with van der Waals surface area (Å²) in [5, 5.41) is 4.75. The van der Waals surface area contributed by atoms with E-state index < -0.39 is 0 Å². The summed E-state index contributed by atoms with van der Waals surface area (Å²) >= 11 is 0. The van der Waals surface area contributed by atoms with Gasteiger partial charge in [-0.1, -0.05) is 55.7 Å². The normalized spacial score (nSPS) is 14.0. The van der Waals surface area contributed by atoms with Gasteiger partial charge in [0.15, 0.2) is 5.82 Å². The first-order chi connectivity index (χ1) is 19.2. The van der Waals surface area contributed by atoms with E-state index in [0.717, 1.165) is 72.8 Å². The second kappa shape index (κ2) is 13.0. The second-order valence-corrected chi connectivity index (χ2v) is 10.3. The molecule has 0 saturated heterocycles. The van der Waals surface area contributed by atoms with Gasteiger partial charge in [-0.05, 0) is 73.2 Å². The first kappa shape index (κ1) is 26.4. The molecular weight excluding hydrogens is 482 g/mol. The number of benzene rings is 2. The summed E-state index contributed by atoms with van der Waals surface area (Å²) in [5.41, 5.74) is 10.8. The van der Waals surface area contributed by atoms with Crippen molar-refractivity contribution in [2.75, 3.05) is 5.32 Å². The van der Waals surface area contributed by atoms with Gasteiger partial charge in [0, 0.05) is 47.8 Å². The van der Waals surface area contributed by atoms with Crippen molar-refractivity contribution in [1.82, 2.24) is 15.0 Å². The lowest BCUT2D eigenvalue weighted by atomic mass is 10.1. The molecule has 0 spiro atoms. The lowest BCUT2D eigenvalue weighted by molar-refractivity contribution is -0.118. The molecule has 0 fully saturated rings. The number of primary amides is 1. The van der Waals surface area contributed by atoms with Gasteiger partial charge in [0.2, 0.25) is 5.91 Å². The number of nitrogens with zero attached hydrogens (tertiary/aromatic N) is 3. The van der Waals surface area contributed by atoms with Crippen LogP contribution >= 0.6 is 0 Å². The number of anilines is 1. The highest BCUT2D eigenvalue weighted by Gasteiger charge is 2.23. The summed E-state index contributed by atoms with van der Waals surface area (Å²) in [6.07, 6.45) is 13.5. The predicted octanol–water partition coefficient (Wildman–Crippen LogP) is 6.23. The van der Waals surface area contributed by atoms with Crippen molar-refractivity contribution in [1.29, 1.82) is 0 Å². The molecule has 1 aliphatic rings. The standard InChI is InChI=1S/C33H35N5O/c34-31(39)16-8-6-4-2-1-3-5-7-12-24-17-18-25-21-28(22-27(25)20-24)36-33-29-14-9-10-15-30(29)37-32(38-33)26-13-11-19-35-23-26/h9-11,13-15,17-20,23,28H,1-6,8,16,21-22H2,(H2,34,39)(H,36,37,38)/t28-/m0/s1. The maximum Gasteiger partial charge on any atom is 0.217 e. The van der Waals surface area contributed by atoms with Gasteiger partial charge in [-0.2, -0.15) is 0 Å². The molecule has 2 heterocycles. The maximum absolute atomic E-state index is 10.8. The van der Waals surface area contributed by atoms with Crippen LogP contribution < -0.4 is 11.1 Å². The van der Waals surface area contributed by atoms with Gasteiger partial charge >= 0.3 is 0 Å². The van der Waals surface area contributed by atoms with Crippen molar-refractivity contribution in [3.05, 3.63) is 83.7 Å². The van der Waals surface area contributed by atoms with E-state index in [2.05, 4.69) is 46.4 Å². The minimum atomic E-state index is -0.196. The third kappa shape index (κ3) is 7.20. The van der Waals surface area contributed by atoms with Crippen LogP contribution in [0.15, 0.2) is 67.0 Å². The van der Waals surface area contributed by atoms with E-state index in [-0.39, 0.29) is 11.9 Å². The Morgan fingerprint density at radius 1 is 0.923 bits per heavy atom. The Labute approximate surface area is 230 Å². The molecule has 1 aliphatic carbocycles. The lowest BCUT2D eigenvalue weighted by Gasteiger charge is -2.15. The molecule has 0 saturated carbocycles. The topological polar surface area (TPSA) is 93.8 Å².